The topological polar surface area (TPSA) is 101 Å². The Morgan fingerprint density at radius 1 is 0.889 bits per heavy atom. The van der Waals surface area contributed by atoms with Crippen LogP contribution in [0.5, 0.6) is 5.75 Å². The second-order valence-electron chi connectivity index (χ2n) is 10.1. The zero-order valence-corrected chi connectivity index (χ0v) is 22.7. The van der Waals surface area contributed by atoms with Crippen molar-refractivity contribution in [2.45, 2.75) is 115 Å². The van der Waals surface area contributed by atoms with E-state index in [0.29, 0.717) is 0 Å². The number of imide groups is 1. The molecule has 1 fully saturated rings. The Balaban J connectivity index is 1.68. The van der Waals surface area contributed by atoms with Gasteiger partial charge in [-0.2, -0.15) is 8.42 Å². The van der Waals surface area contributed by atoms with Crippen molar-refractivity contribution in [1.82, 2.24) is 5.06 Å². The fourth-order valence-electron chi connectivity index (χ4n) is 4.34. The van der Waals surface area contributed by atoms with Gasteiger partial charge in [0.05, 0.1) is 0 Å². The number of hydroxylamine groups is 2. The molecule has 202 valence electrons. The van der Waals surface area contributed by atoms with Crippen LogP contribution in [0.3, 0.4) is 0 Å². The summed E-state index contributed by atoms with van der Waals surface area (Å²) in [6.07, 6.45) is 19.4. The summed E-state index contributed by atoms with van der Waals surface area (Å²) in [5, 5.41) is 10.5. The maximum Gasteiger partial charge on any atom is 0.322 e. The molecule has 0 radical (unpaired) electrons. The van der Waals surface area contributed by atoms with Crippen LogP contribution in [-0.4, -0.2) is 30.4 Å². The van der Waals surface area contributed by atoms with Crippen LogP contribution >= 0.6 is 0 Å². The summed E-state index contributed by atoms with van der Waals surface area (Å²) in [6.45, 7) is 4.58. The van der Waals surface area contributed by atoms with Gasteiger partial charge in [-0.3, -0.25) is 9.59 Å². The molecule has 0 saturated carbocycles. The molecule has 1 N–H and O–H groups in total. The number of rotatable bonds is 18. The molecule has 8 heteroatoms. The molecule has 1 saturated heterocycles. The van der Waals surface area contributed by atoms with Crippen molar-refractivity contribution in [2.24, 2.45) is 5.92 Å². The summed E-state index contributed by atoms with van der Waals surface area (Å²) in [5.74, 6) is -1.10. The van der Waals surface area contributed by atoms with Gasteiger partial charge in [-0.25, -0.2) is 0 Å². The fourth-order valence-corrected chi connectivity index (χ4v) is 5.52. The molecule has 7 nitrogen and oxygen atoms in total. The number of unbranched alkanes of at least 4 members (excludes halogenated alkanes) is 11. The van der Waals surface area contributed by atoms with E-state index < -0.39 is 32.6 Å². The van der Waals surface area contributed by atoms with E-state index in [2.05, 4.69) is 13.8 Å². The second kappa shape index (κ2) is 15.8. The Morgan fingerprint density at radius 2 is 1.42 bits per heavy atom. The molecule has 2 amide bonds. The lowest BCUT2D eigenvalue weighted by Crippen LogP contribution is -2.32. The van der Waals surface area contributed by atoms with Gasteiger partial charge in [0.25, 0.3) is 11.8 Å². The van der Waals surface area contributed by atoms with Crippen LogP contribution in [0.25, 0.3) is 6.08 Å². The first-order valence-corrected chi connectivity index (χ1v) is 14.9. The van der Waals surface area contributed by atoms with E-state index in [9.17, 15) is 23.1 Å². The lowest BCUT2D eigenvalue weighted by atomic mass is 10.0. The van der Waals surface area contributed by atoms with E-state index in [0.717, 1.165) is 25.2 Å². The van der Waals surface area contributed by atoms with Crippen molar-refractivity contribution in [1.29, 1.82) is 0 Å². The molecule has 0 spiro atoms. The van der Waals surface area contributed by atoms with E-state index in [1.165, 1.54) is 76.3 Å². The highest BCUT2D eigenvalue weighted by Crippen LogP contribution is 2.31. The number of carbonyl (C=O) groups excluding carboxylic acids is 2. The average molecular weight is 522 g/mol. The Hall–Kier alpha value is -2.19. The number of hydrogen-bond donors (Lipinski definition) is 1. The Labute approximate surface area is 217 Å². The molecule has 0 bridgehead atoms. The molecule has 0 aliphatic carbocycles. The minimum atomic E-state index is -4.56. The molecular weight excluding hydrogens is 478 g/mol. The zero-order valence-electron chi connectivity index (χ0n) is 21.9. The average Bonchev–Trinajstić information content (AvgIpc) is 3.12. The van der Waals surface area contributed by atoms with Crippen molar-refractivity contribution in [3.63, 3.8) is 0 Å². The Bertz CT molecular complexity index is 954. The summed E-state index contributed by atoms with van der Waals surface area (Å²) >= 11 is 0. The lowest BCUT2D eigenvalue weighted by molar-refractivity contribution is -0.163. The Kier molecular flexibility index (Phi) is 13.2. The van der Waals surface area contributed by atoms with Crippen LogP contribution in [0.1, 0.15) is 116 Å². The predicted molar refractivity (Wildman–Crippen MR) is 141 cm³/mol. The molecule has 0 atom stereocenters. The molecule has 0 aromatic heterocycles. The highest BCUT2D eigenvalue weighted by molar-refractivity contribution is 7.87. The van der Waals surface area contributed by atoms with Gasteiger partial charge < -0.3 is 5.11 Å². The molecule has 1 aliphatic rings. The van der Waals surface area contributed by atoms with Crippen molar-refractivity contribution < 1.29 is 27.4 Å². The zero-order chi connectivity index (χ0) is 26.4. The summed E-state index contributed by atoms with van der Waals surface area (Å²) in [5.41, 5.74) is 0.248. The number of phenols is 1. The first kappa shape index (κ1) is 30.0. The predicted octanol–water partition coefficient (Wildman–Crippen LogP) is 6.90. The fraction of sp³-hybridized carbons (Fsp3) is 0.643. The summed E-state index contributed by atoms with van der Waals surface area (Å²) in [4.78, 5) is 23.0. The first-order valence-electron chi connectivity index (χ1n) is 13.5. The van der Waals surface area contributed by atoms with Crippen LogP contribution in [0.15, 0.2) is 29.2 Å². The van der Waals surface area contributed by atoms with Gasteiger partial charge >= 0.3 is 10.1 Å². The number of amides is 2. The molecule has 1 aromatic carbocycles. The lowest BCUT2D eigenvalue weighted by Gasteiger charge is -2.15. The van der Waals surface area contributed by atoms with Crippen LogP contribution in [0, 0.1) is 5.92 Å². The number of allylic oxidation sites excluding steroid dienone is 1. The van der Waals surface area contributed by atoms with E-state index in [-0.39, 0.29) is 23.5 Å². The maximum absolute atomic E-state index is 12.7. The number of carbonyl (C=O) groups is 2. The molecule has 1 heterocycles. The van der Waals surface area contributed by atoms with Gasteiger partial charge in [0.1, 0.15) is 10.6 Å². The minimum absolute atomic E-state index is 0.0968. The van der Waals surface area contributed by atoms with Crippen LogP contribution in [0.2, 0.25) is 0 Å². The molecular formula is C28H43NO6S. The second-order valence-corrected chi connectivity index (χ2v) is 11.5. The highest BCUT2D eigenvalue weighted by atomic mass is 32.2. The summed E-state index contributed by atoms with van der Waals surface area (Å²) in [7, 11) is -4.56. The van der Waals surface area contributed by atoms with E-state index in [1.807, 2.05) is 6.08 Å². The van der Waals surface area contributed by atoms with Crippen molar-refractivity contribution in [2.75, 3.05) is 0 Å². The summed E-state index contributed by atoms with van der Waals surface area (Å²) < 4.78 is 30.2. The SMILES string of the molecule is CC(C)CCCCCCCCCCCCCC=Cc1cccc(O)c1S(=O)(=O)ON1C(=O)CCC1=O. The highest BCUT2D eigenvalue weighted by Gasteiger charge is 2.36. The Morgan fingerprint density at radius 3 is 1.97 bits per heavy atom. The van der Waals surface area contributed by atoms with Gasteiger partial charge in [-0.05, 0) is 30.4 Å². The van der Waals surface area contributed by atoms with Crippen molar-refractivity contribution >= 4 is 28.0 Å². The van der Waals surface area contributed by atoms with Crippen LogP contribution < -0.4 is 0 Å². The van der Waals surface area contributed by atoms with Gasteiger partial charge in [0.15, 0.2) is 0 Å². The normalized spacial score (nSPS) is 14.6. The third-order valence-corrected chi connectivity index (χ3v) is 7.69. The summed E-state index contributed by atoms with van der Waals surface area (Å²) in [6, 6.07) is 4.31. The molecule has 0 unspecified atom stereocenters. The van der Waals surface area contributed by atoms with E-state index in [1.54, 1.807) is 12.1 Å². The number of benzene rings is 1. The molecule has 1 aromatic rings. The van der Waals surface area contributed by atoms with E-state index >= 15 is 0 Å². The van der Waals surface area contributed by atoms with Crippen LogP contribution in [-0.2, 0) is 24.0 Å². The number of nitrogens with zero attached hydrogens (tertiary/aromatic N) is 1. The standard InChI is InChI=1S/C28H43NO6S/c1-23(2)17-14-12-10-8-6-4-3-5-7-9-11-13-15-18-24-19-16-20-25(30)28(24)36(33,34)35-29-26(31)21-22-27(29)32/h15-16,18-20,23,30H,3-14,17,21-22H2,1-2H3. The maximum atomic E-state index is 12.7. The molecule has 2 rings (SSSR count). The number of hydrogen-bond acceptors (Lipinski definition) is 6. The monoisotopic (exact) mass is 521 g/mol. The van der Waals surface area contributed by atoms with Gasteiger partial charge in [-0.15, -0.1) is 9.35 Å². The smallest absolute Gasteiger partial charge is 0.322 e. The van der Waals surface area contributed by atoms with Gasteiger partial charge in [0.2, 0.25) is 0 Å². The number of phenolic OH excluding ortho intramolecular Hbond substituents is 1. The minimum Gasteiger partial charge on any atom is -0.506 e. The third-order valence-electron chi connectivity index (χ3n) is 6.40. The van der Waals surface area contributed by atoms with Crippen molar-refractivity contribution in [3.05, 3.63) is 29.8 Å². The van der Waals surface area contributed by atoms with Crippen LogP contribution in [0.4, 0.5) is 0 Å². The largest absolute Gasteiger partial charge is 0.506 e. The molecule has 1 aliphatic heterocycles. The van der Waals surface area contributed by atoms with Gasteiger partial charge in [-0.1, -0.05) is 109 Å². The van der Waals surface area contributed by atoms with E-state index in [4.69, 9.17) is 4.28 Å². The van der Waals surface area contributed by atoms with Crippen molar-refractivity contribution in [3.8, 4) is 5.75 Å². The quantitative estimate of drug-likeness (QED) is 0.166. The van der Waals surface area contributed by atoms with Gasteiger partial charge in [0, 0.05) is 12.8 Å². The molecule has 36 heavy (non-hydrogen) atoms. The third kappa shape index (κ3) is 10.4. The number of aromatic hydroxyl groups is 1. The first-order chi connectivity index (χ1) is 17.2.